The summed E-state index contributed by atoms with van der Waals surface area (Å²) >= 11 is 0. The number of hydrogen-bond donors (Lipinski definition) is 1. The normalized spacial score (nSPS) is 20.1. The highest BCUT2D eigenvalue weighted by Crippen LogP contribution is 2.48. The molecule has 0 heterocycles. The largest absolute Gasteiger partial charge is 0.313 e. The van der Waals surface area contributed by atoms with Crippen molar-refractivity contribution in [2.24, 2.45) is 5.92 Å². The molecule has 20 heavy (non-hydrogen) atoms. The Bertz CT molecular complexity index is 380. The zero-order valence-electron chi connectivity index (χ0n) is 13.5. The summed E-state index contributed by atoms with van der Waals surface area (Å²) in [5.74, 6) is 0.811. The Hall–Kier alpha value is -0.820. The summed E-state index contributed by atoms with van der Waals surface area (Å²) in [6.07, 6.45) is 7.92. The maximum absolute atomic E-state index is 3.88. The minimum absolute atomic E-state index is 0.403. The highest BCUT2D eigenvalue weighted by Gasteiger charge is 2.45. The zero-order valence-corrected chi connectivity index (χ0v) is 13.5. The minimum atomic E-state index is 0.403. The van der Waals surface area contributed by atoms with Gasteiger partial charge in [-0.1, -0.05) is 63.9 Å². The SMILES string of the molecule is CCCNC(CC(C)CC)C1(c2ccccc2)CCC1. The van der Waals surface area contributed by atoms with E-state index >= 15 is 0 Å². The second kappa shape index (κ2) is 7.26. The van der Waals surface area contributed by atoms with Crippen molar-refractivity contribution in [3.8, 4) is 0 Å². The van der Waals surface area contributed by atoms with Gasteiger partial charge < -0.3 is 5.32 Å². The third kappa shape index (κ3) is 3.25. The van der Waals surface area contributed by atoms with Crippen LogP contribution in [0.5, 0.6) is 0 Å². The summed E-state index contributed by atoms with van der Waals surface area (Å²) in [6.45, 7) is 8.13. The second-order valence-electron chi connectivity index (χ2n) is 6.63. The number of rotatable bonds is 8. The van der Waals surface area contributed by atoms with E-state index in [4.69, 9.17) is 0 Å². The van der Waals surface area contributed by atoms with Crippen LogP contribution in [0.15, 0.2) is 30.3 Å². The van der Waals surface area contributed by atoms with Crippen LogP contribution in [0.25, 0.3) is 0 Å². The molecule has 0 bridgehead atoms. The van der Waals surface area contributed by atoms with Crippen molar-refractivity contribution in [2.45, 2.75) is 70.8 Å². The summed E-state index contributed by atoms with van der Waals surface area (Å²) in [6, 6.07) is 11.9. The lowest BCUT2D eigenvalue weighted by Crippen LogP contribution is -2.53. The van der Waals surface area contributed by atoms with E-state index < -0.39 is 0 Å². The first-order valence-corrected chi connectivity index (χ1v) is 8.52. The Morgan fingerprint density at radius 1 is 1.15 bits per heavy atom. The van der Waals surface area contributed by atoms with Crippen molar-refractivity contribution < 1.29 is 0 Å². The predicted octanol–water partition coefficient (Wildman–Crippen LogP) is 4.91. The summed E-state index contributed by atoms with van der Waals surface area (Å²) in [5.41, 5.74) is 1.96. The average molecular weight is 273 g/mol. The van der Waals surface area contributed by atoms with Crippen molar-refractivity contribution in [1.82, 2.24) is 5.32 Å². The van der Waals surface area contributed by atoms with Crippen molar-refractivity contribution in [3.63, 3.8) is 0 Å². The van der Waals surface area contributed by atoms with Crippen molar-refractivity contribution in [1.29, 1.82) is 0 Å². The Labute approximate surface area is 125 Å². The van der Waals surface area contributed by atoms with Crippen LogP contribution in [-0.2, 0) is 5.41 Å². The smallest absolute Gasteiger partial charge is 0.0166 e. The van der Waals surface area contributed by atoms with E-state index in [9.17, 15) is 0 Å². The topological polar surface area (TPSA) is 12.0 Å². The molecule has 1 fully saturated rings. The van der Waals surface area contributed by atoms with Gasteiger partial charge in [0.25, 0.3) is 0 Å². The third-order valence-corrected chi connectivity index (χ3v) is 5.24. The van der Waals surface area contributed by atoms with E-state index in [1.807, 2.05) is 0 Å². The molecule has 1 aliphatic rings. The van der Waals surface area contributed by atoms with Crippen molar-refractivity contribution in [2.75, 3.05) is 6.54 Å². The number of hydrogen-bond acceptors (Lipinski definition) is 1. The molecule has 1 N–H and O–H groups in total. The molecule has 1 aromatic rings. The van der Waals surface area contributed by atoms with Gasteiger partial charge in [-0.2, -0.15) is 0 Å². The fraction of sp³-hybridized carbons (Fsp3) is 0.684. The molecule has 2 rings (SSSR count). The van der Waals surface area contributed by atoms with Crippen molar-refractivity contribution in [3.05, 3.63) is 35.9 Å². The molecule has 1 heteroatoms. The molecule has 2 unspecified atom stereocenters. The first-order valence-electron chi connectivity index (χ1n) is 8.52. The molecule has 0 spiro atoms. The quantitative estimate of drug-likeness (QED) is 0.709. The monoisotopic (exact) mass is 273 g/mol. The molecular formula is C19H31N. The van der Waals surface area contributed by atoms with Gasteiger partial charge in [-0.05, 0) is 43.7 Å². The number of nitrogens with one attached hydrogen (secondary N) is 1. The van der Waals surface area contributed by atoms with Crippen LogP contribution in [0.3, 0.4) is 0 Å². The fourth-order valence-electron chi connectivity index (χ4n) is 3.56. The van der Waals surface area contributed by atoms with Gasteiger partial charge in [0.1, 0.15) is 0 Å². The highest BCUT2D eigenvalue weighted by molar-refractivity contribution is 5.30. The van der Waals surface area contributed by atoms with Crippen LogP contribution in [0.4, 0.5) is 0 Å². The van der Waals surface area contributed by atoms with Crippen LogP contribution in [0.1, 0.15) is 64.9 Å². The molecule has 1 aliphatic carbocycles. The molecule has 0 saturated heterocycles. The maximum atomic E-state index is 3.88. The van der Waals surface area contributed by atoms with Gasteiger partial charge in [0.15, 0.2) is 0 Å². The molecule has 0 radical (unpaired) electrons. The van der Waals surface area contributed by atoms with E-state index in [0.717, 1.165) is 12.5 Å². The van der Waals surface area contributed by atoms with Crippen LogP contribution < -0.4 is 5.32 Å². The maximum Gasteiger partial charge on any atom is 0.0166 e. The zero-order chi connectivity index (χ0) is 14.4. The van der Waals surface area contributed by atoms with Crippen LogP contribution >= 0.6 is 0 Å². The Kier molecular flexibility index (Phi) is 5.65. The molecule has 1 nitrogen and oxygen atoms in total. The average Bonchev–Trinajstić information content (AvgIpc) is 2.44. The second-order valence-corrected chi connectivity index (χ2v) is 6.63. The first-order chi connectivity index (χ1) is 9.73. The molecule has 0 aliphatic heterocycles. The lowest BCUT2D eigenvalue weighted by atomic mass is 9.58. The summed E-state index contributed by atoms with van der Waals surface area (Å²) in [4.78, 5) is 0. The van der Waals surface area contributed by atoms with Gasteiger partial charge in [-0.15, -0.1) is 0 Å². The van der Waals surface area contributed by atoms with Gasteiger partial charge in [0, 0.05) is 11.5 Å². The van der Waals surface area contributed by atoms with Crippen LogP contribution in [0.2, 0.25) is 0 Å². The Balaban J connectivity index is 2.19. The number of benzene rings is 1. The standard InChI is InChI=1S/C19H31N/c1-4-14-20-18(15-16(3)5-2)19(12-9-13-19)17-10-7-6-8-11-17/h6-8,10-11,16,18,20H,4-5,9,12-15H2,1-3H3. The van der Waals surface area contributed by atoms with Gasteiger partial charge in [-0.25, -0.2) is 0 Å². The first kappa shape index (κ1) is 15.6. The van der Waals surface area contributed by atoms with Crippen LogP contribution in [0, 0.1) is 5.92 Å². The summed E-state index contributed by atoms with van der Waals surface area (Å²) in [5, 5.41) is 3.88. The lowest BCUT2D eigenvalue weighted by molar-refractivity contribution is 0.148. The molecule has 112 valence electrons. The van der Waals surface area contributed by atoms with E-state index in [1.165, 1.54) is 38.5 Å². The summed E-state index contributed by atoms with van der Waals surface area (Å²) in [7, 11) is 0. The van der Waals surface area contributed by atoms with Gasteiger partial charge in [0.2, 0.25) is 0 Å². The molecule has 0 amide bonds. The van der Waals surface area contributed by atoms with Crippen LogP contribution in [-0.4, -0.2) is 12.6 Å². The van der Waals surface area contributed by atoms with Gasteiger partial charge in [0.05, 0.1) is 0 Å². The molecule has 1 aromatic carbocycles. The van der Waals surface area contributed by atoms with E-state index in [1.54, 1.807) is 5.56 Å². The Morgan fingerprint density at radius 3 is 2.35 bits per heavy atom. The highest BCUT2D eigenvalue weighted by atomic mass is 14.9. The van der Waals surface area contributed by atoms with E-state index in [2.05, 4.69) is 56.4 Å². The third-order valence-electron chi connectivity index (χ3n) is 5.24. The molecule has 1 saturated carbocycles. The fourth-order valence-corrected chi connectivity index (χ4v) is 3.56. The lowest BCUT2D eigenvalue weighted by Gasteiger charge is -2.49. The van der Waals surface area contributed by atoms with E-state index in [-0.39, 0.29) is 0 Å². The van der Waals surface area contributed by atoms with Gasteiger partial charge in [-0.3, -0.25) is 0 Å². The van der Waals surface area contributed by atoms with Crippen molar-refractivity contribution >= 4 is 0 Å². The minimum Gasteiger partial charge on any atom is -0.313 e. The Morgan fingerprint density at radius 2 is 1.85 bits per heavy atom. The molecular weight excluding hydrogens is 242 g/mol. The van der Waals surface area contributed by atoms with Gasteiger partial charge >= 0.3 is 0 Å². The summed E-state index contributed by atoms with van der Waals surface area (Å²) < 4.78 is 0. The predicted molar refractivity (Wildman–Crippen MR) is 88.1 cm³/mol. The molecule has 0 aromatic heterocycles. The van der Waals surface area contributed by atoms with E-state index in [0.29, 0.717) is 11.5 Å². The molecule has 2 atom stereocenters.